The molecule has 0 radical (unpaired) electrons. The maximum absolute atomic E-state index is 15.4. The molecule has 7 rings (SSSR count). The number of rotatable bonds is 9. The predicted octanol–water partition coefficient (Wildman–Crippen LogP) is 6.12. The zero-order valence-corrected chi connectivity index (χ0v) is 30.7. The van der Waals surface area contributed by atoms with Crippen molar-refractivity contribution in [3.63, 3.8) is 0 Å². The second-order valence-electron chi connectivity index (χ2n) is 15.5. The van der Waals surface area contributed by atoms with Gasteiger partial charge in [-0.05, 0) is 67.4 Å². The molecule has 0 aliphatic carbocycles. The van der Waals surface area contributed by atoms with Crippen molar-refractivity contribution < 1.29 is 18.7 Å². The van der Waals surface area contributed by atoms with Crippen molar-refractivity contribution in [3.8, 4) is 6.01 Å². The third-order valence-electron chi connectivity index (χ3n) is 11.0. The van der Waals surface area contributed by atoms with E-state index in [0.717, 1.165) is 38.6 Å². The molecule has 3 fully saturated rings. The number of halogens is 2. The third-order valence-corrected chi connectivity index (χ3v) is 16.3. The van der Waals surface area contributed by atoms with E-state index < -0.39 is 19.7 Å². The zero-order chi connectivity index (χ0) is 34.4. The molecule has 8 nitrogen and oxygen atoms in total. The van der Waals surface area contributed by atoms with E-state index in [1.807, 2.05) is 11.8 Å². The van der Waals surface area contributed by atoms with E-state index in [4.69, 9.17) is 25.7 Å². The number of ether oxygens (including phenoxy) is 1. The number of β-amino-alcohol motifs (C(OH)–C–C–N with tert-alkyl or cyclic N) is 1. The number of piperidine rings is 1. The molecule has 0 spiro atoms. The minimum Gasteiger partial charge on any atom is -0.461 e. The Balaban J connectivity index is 1.15. The Morgan fingerprint density at radius 1 is 0.980 bits per heavy atom. The molecule has 5 heterocycles. The van der Waals surface area contributed by atoms with Crippen LogP contribution in [0.5, 0.6) is 6.01 Å². The Morgan fingerprint density at radius 2 is 1.65 bits per heavy atom. The van der Waals surface area contributed by atoms with Crippen LogP contribution in [0.1, 0.15) is 66.2 Å². The van der Waals surface area contributed by atoms with Crippen molar-refractivity contribution in [2.45, 2.75) is 88.4 Å². The quantitative estimate of drug-likeness (QED) is 0.165. The molecule has 0 bridgehead atoms. The van der Waals surface area contributed by atoms with Crippen molar-refractivity contribution >= 4 is 47.0 Å². The molecule has 0 unspecified atom stereocenters. The van der Waals surface area contributed by atoms with Crippen LogP contribution in [-0.4, -0.2) is 83.3 Å². The number of hydrogen-bond donors (Lipinski definition) is 1. The first-order valence-electron chi connectivity index (χ1n) is 17.6. The Bertz CT molecular complexity index is 1750. The molecule has 0 saturated carbocycles. The lowest BCUT2D eigenvalue weighted by atomic mass is 9.95. The fourth-order valence-electron chi connectivity index (χ4n) is 8.68. The molecule has 3 aliphatic rings. The first kappa shape index (κ1) is 34.3. The zero-order valence-electron chi connectivity index (χ0n) is 29.0. The van der Waals surface area contributed by atoms with Gasteiger partial charge >= 0.3 is 6.01 Å². The Kier molecular flexibility index (Phi) is 9.23. The van der Waals surface area contributed by atoms with Crippen LogP contribution in [0, 0.1) is 5.82 Å². The monoisotopic (exact) mass is 703 g/mol. The van der Waals surface area contributed by atoms with Crippen molar-refractivity contribution in [1.29, 1.82) is 0 Å². The van der Waals surface area contributed by atoms with Crippen LogP contribution in [-0.2, 0) is 4.43 Å². The molecule has 2 aromatic heterocycles. The van der Waals surface area contributed by atoms with Gasteiger partial charge in [-0.2, -0.15) is 9.97 Å². The summed E-state index contributed by atoms with van der Waals surface area (Å²) >= 11 is 6.10. The van der Waals surface area contributed by atoms with E-state index in [1.54, 1.807) is 0 Å². The van der Waals surface area contributed by atoms with Gasteiger partial charge < -0.3 is 19.2 Å². The summed E-state index contributed by atoms with van der Waals surface area (Å²) in [6.45, 7) is 11.8. The largest absolute Gasteiger partial charge is 0.461 e. The van der Waals surface area contributed by atoms with E-state index in [1.165, 1.54) is 16.6 Å². The van der Waals surface area contributed by atoms with Gasteiger partial charge in [-0.3, -0.25) is 4.90 Å². The molecular weight excluding hydrogens is 657 g/mol. The summed E-state index contributed by atoms with van der Waals surface area (Å²) in [6, 6.07) is 22.0. The van der Waals surface area contributed by atoms with Crippen LogP contribution in [0.2, 0.25) is 10.2 Å². The first-order chi connectivity index (χ1) is 23.4. The van der Waals surface area contributed by atoms with Crippen molar-refractivity contribution in [3.05, 3.63) is 77.8 Å². The number of benzene rings is 2. The topological polar surface area (TPSA) is 83.8 Å². The van der Waals surface area contributed by atoms with Crippen molar-refractivity contribution in [2.24, 2.45) is 0 Å². The molecule has 11 heteroatoms. The van der Waals surface area contributed by atoms with Gasteiger partial charge in [-0.1, -0.05) is 93.0 Å². The first-order valence-corrected chi connectivity index (χ1v) is 19.8. The summed E-state index contributed by atoms with van der Waals surface area (Å²) in [7, 11) is -2.68. The number of pyridine rings is 1. The van der Waals surface area contributed by atoms with E-state index in [0.29, 0.717) is 43.9 Å². The highest BCUT2D eigenvalue weighted by Gasteiger charge is 2.53. The summed E-state index contributed by atoms with van der Waals surface area (Å²) in [5.41, 5.74) is -0.983. The van der Waals surface area contributed by atoms with Crippen LogP contribution in [0.4, 0.5) is 10.2 Å². The van der Waals surface area contributed by atoms with E-state index >= 15 is 4.39 Å². The SMILES string of the molecule is CC(C)(C)[Si](OC[C@@H]1CC[C@]2(COc3nc(N4CCC[C@@](C)(O)C4)c4cnc(Cl)c(F)c4n3)CCCN12)(c1ccccc1)c1ccccc1. The molecule has 4 aromatic rings. The van der Waals surface area contributed by atoms with Gasteiger partial charge in [0.25, 0.3) is 8.32 Å². The second-order valence-corrected chi connectivity index (χ2v) is 20.1. The lowest BCUT2D eigenvalue weighted by Crippen LogP contribution is -2.67. The highest BCUT2D eigenvalue weighted by Crippen LogP contribution is 2.44. The summed E-state index contributed by atoms with van der Waals surface area (Å²) in [5.74, 6) is -0.190. The van der Waals surface area contributed by atoms with Crippen LogP contribution in [0.3, 0.4) is 0 Å². The summed E-state index contributed by atoms with van der Waals surface area (Å²) in [5, 5.41) is 13.5. The minimum atomic E-state index is -2.68. The second kappa shape index (κ2) is 13.2. The molecule has 3 saturated heterocycles. The molecule has 2 aromatic carbocycles. The standard InChI is InChI=1S/C38H47ClFN5O3Si/c1-36(2,3)49(28-13-7-5-8-14-28,29-15-9-6-10-16-29)48-24-27-17-20-38(19-12-22-45(27)38)26-47-35-42-32-30(23-41-33(39)31(32)40)34(43-35)44-21-11-18-37(4,46)25-44/h5-10,13-16,23,27,46H,11-12,17-22,24-26H2,1-4H3/t27-,37+,38-/m0/s1. The van der Waals surface area contributed by atoms with Gasteiger partial charge in [0.2, 0.25) is 0 Å². The lowest BCUT2D eigenvalue weighted by molar-refractivity contribution is 0.0446. The average molecular weight is 704 g/mol. The van der Waals surface area contributed by atoms with Gasteiger partial charge in [-0.25, -0.2) is 9.37 Å². The normalized spacial score (nSPS) is 24.8. The van der Waals surface area contributed by atoms with E-state index in [-0.39, 0.29) is 33.3 Å². The summed E-state index contributed by atoms with van der Waals surface area (Å²) in [4.78, 5) is 17.9. The molecule has 1 N–H and O–H groups in total. The summed E-state index contributed by atoms with van der Waals surface area (Å²) in [6.07, 6.45) is 7.03. The smallest absolute Gasteiger partial charge is 0.319 e. The number of aliphatic hydroxyl groups is 1. The number of fused-ring (bicyclic) bond motifs is 2. The Hall–Kier alpha value is -3.15. The van der Waals surface area contributed by atoms with Gasteiger partial charge in [0.1, 0.15) is 17.9 Å². The van der Waals surface area contributed by atoms with Crippen molar-refractivity contribution in [2.75, 3.05) is 37.7 Å². The maximum Gasteiger partial charge on any atom is 0.319 e. The molecule has 3 atom stereocenters. The van der Waals surface area contributed by atoms with Crippen molar-refractivity contribution in [1.82, 2.24) is 19.9 Å². The van der Waals surface area contributed by atoms with Crippen LogP contribution < -0.4 is 20.0 Å². The van der Waals surface area contributed by atoms with Crippen LogP contribution in [0.25, 0.3) is 10.9 Å². The summed E-state index contributed by atoms with van der Waals surface area (Å²) < 4.78 is 29.2. The van der Waals surface area contributed by atoms with Gasteiger partial charge in [0, 0.05) is 25.3 Å². The van der Waals surface area contributed by atoms with Gasteiger partial charge in [0.15, 0.2) is 11.0 Å². The van der Waals surface area contributed by atoms with Gasteiger partial charge in [-0.15, -0.1) is 0 Å². The molecule has 260 valence electrons. The average Bonchev–Trinajstić information content (AvgIpc) is 3.65. The number of aromatic nitrogens is 3. The highest BCUT2D eigenvalue weighted by molar-refractivity contribution is 6.99. The molecular formula is C38H47ClFN5O3Si. The predicted molar refractivity (Wildman–Crippen MR) is 195 cm³/mol. The van der Waals surface area contributed by atoms with Gasteiger partial charge in [0.05, 0.1) is 23.1 Å². The molecule has 0 amide bonds. The van der Waals surface area contributed by atoms with E-state index in [9.17, 15) is 5.11 Å². The minimum absolute atomic E-state index is 0.0778. The van der Waals surface area contributed by atoms with Crippen LogP contribution in [0.15, 0.2) is 66.9 Å². The maximum atomic E-state index is 15.4. The fourth-order valence-corrected chi connectivity index (χ4v) is 13.4. The Labute approximate surface area is 294 Å². The third kappa shape index (κ3) is 6.35. The number of hydrogen-bond acceptors (Lipinski definition) is 8. The van der Waals surface area contributed by atoms with Crippen LogP contribution >= 0.6 is 11.6 Å². The number of anilines is 1. The molecule has 3 aliphatic heterocycles. The fraction of sp³-hybridized carbons (Fsp3) is 0.500. The Morgan fingerprint density at radius 3 is 2.31 bits per heavy atom. The number of nitrogens with zero attached hydrogens (tertiary/aromatic N) is 5. The molecule has 49 heavy (non-hydrogen) atoms. The highest BCUT2D eigenvalue weighted by atomic mass is 35.5. The van der Waals surface area contributed by atoms with E-state index in [2.05, 4.69) is 96.3 Å². The lowest BCUT2D eigenvalue weighted by Gasteiger charge is -2.44.